The monoisotopic (exact) mass is 348 g/mol. The van der Waals surface area contributed by atoms with Crippen LogP contribution in [0.1, 0.15) is 46.0 Å². The molecule has 4 rings (SSSR count). The van der Waals surface area contributed by atoms with E-state index >= 15 is 0 Å². The number of Topliss-reactive ketones (excluding diaryl/α,β-unsaturated/α-hetero) is 2. The molecule has 138 valence electrons. The lowest BCUT2D eigenvalue weighted by Crippen LogP contribution is -2.70. The Hall–Kier alpha value is -1.04. The number of hydrogen-bond acceptors (Lipinski definition) is 5. The largest absolute Gasteiger partial charge is 0.396 e. The van der Waals surface area contributed by atoms with Gasteiger partial charge in [-0.2, -0.15) is 0 Å². The molecule has 7 atom stereocenters. The highest BCUT2D eigenvalue weighted by molar-refractivity contribution is 6.09. The summed E-state index contributed by atoms with van der Waals surface area (Å²) in [6.07, 6.45) is 0.743. The van der Waals surface area contributed by atoms with Gasteiger partial charge in [0.1, 0.15) is 5.78 Å². The molecule has 0 heterocycles. The number of fused-ring (bicyclic) bond motifs is 3. The molecule has 0 aromatic heterocycles. The van der Waals surface area contributed by atoms with Crippen molar-refractivity contribution in [1.29, 1.82) is 0 Å². The van der Waals surface area contributed by atoms with E-state index in [4.69, 9.17) is 0 Å². The second kappa shape index (κ2) is 5.02. The second-order valence-corrected chi connectivity index (χ2v) is 9.48. The molecular formula is C20H28O5. The Morgan fingerprint density at radius 2 is 1.88 bits per heavy atom. The van der Waals surface area contributed by atoms with Crippen LogP contribution in [0.3, 0.4) is 0 Å². The predicted octanol–water partition coefficient (Wildman–Crippen LogP) is 1.25. The second-order valence-electron chi connectivity index (χ2n) is 9.48. The number of hydrogen-bond donors (Lipinski definition) is 3. The zero-order chi connectivity index (χ0) is 18.4. The molecule has 0 aliphatic heterocycles. The van der Waals surface area contributed by atoms with E-state index in [1.54, 1.807) is 0 Å². The lowest BCUT2D eigenvalue weighted by atomic mass is 9.39. The fourth-order valence-electron chi connectivity index (χ4n) is 7.18. The van der Waals surface area contributed by atoms with E-state index < -0.39 is 34.9 Å². The third-order valence-electron chi connectivity index (χ3n) is 8.20. The summed E-state index contributed by atoms with van der Waals surface area (Å²) in [7, 11) is 0. The van der Waals surface area contributed by atoms with Gasteiger partial charge in [0, 0.05) is 30.3 Å². The Morgan fingerprint density at radius 3 is 2.52 bits per heavy atom. The SMILES string of the molecule is C=C1C(=O)[C@@]23[C@H](O)C[C@@H]4C(C)(C)CCC[C@@]4(CO)[C@@H]2C(=O)C[C@@H]1[C@@H]3O. The van der Waals surface area contributed by atoms with E-state index in [0.29, 0.717) is 12.8 Å². The van der Waals surface area contributed by atoms with Gasteiger partial charge in [0.25, 0.3) is 0 Å². The van der Waals surface area contributed by atoms with Gasteiger partial charge < -0.3 is 15.3 Å². The number of aliphatic hydroxyl groups excluding tert-OH is 3. The number of aliphatic hydroxyl groups is 3. The molecule has 25 heavy (non-hydrogen) atoms. The predicted molar refractivity (Wildman–Crippen MR) is 90.5 cm³/mol. The first kappa shape index (κ1) is 17.4. The van der Waals surface area contributed by atoms with Crippen molar-refractivity contribution in [2.45, 2.75) is 58.2 Å². The van der Waals surface area contributed by atoms with Crippen LogP contribution in [-0.2, 0) is 9.59 Å². The molecule has 3 N–H and O–H groups in total. The van der Waals surface area contributed by atoms with Crippen molar-refractivity contribution in [3.63, 3.8) is 0 Å². The highest BCUT2D eigenvalue weighted by Gasteiger charge is 2.76. The summed E-state index contributed by atoms with van der Waals surface area (Å²) in [6, 6.07) is 0. The molecule has 4 saturated carbocycles. The van der Waals surface area contributed by atoms with E-state index in [0.717, 1.165) is 12.8 Å². The maximum atomic E-state index is 13.2. The minimum atomic E-state index is -1.51. The van der Waals surface area contributed by atoms with Gasteiger partial charge in [0.05, 0.1) is 17.6 Å². The van der Waals surface area contributed by atoms with Gasteiger partial charge >= 0.3 is 0 Å². The van der Waals surface area contributed by atoms with E-state index in [1.807, 2.05) is 0 Å². The average molecular weight is 348 g/mol. The van der Waals surface area contributed by atoms with Crippen molar-refractivity contribution >= 4 is 11.6 Å². The molecule has 4 aliphatic rings. The molecule has 1 spiro atoms. The third-order valence-corrected chi connectivity index (χ3v) is 8.20. The first-order valence-corrected chi connectivity index (χ1v) is 9.38. The fourth-order valence-corrected chi connectivity index (χ4v) is 7.18. The minimum absolute atomic E-state index is 0.0567. The first-order chi connectivity index (χ1) is 11.6. The zero-order valence-electron chi connectivity index (χ0n) is 15.0. The van der Waals surface area contributed by atoms with Crippen LogP contribution in [-0.4, -0.2) is 45.7 Å². The van der Waals surface area contributed by atoms with Gasteiger partial charge in [-0.1, -0.05) is 26.8 Å². The van der Waals surface area contributed by atoms with Crippen molar-refractivity contribution in [3.05, 3.63) is 12.2 Å². The summed E-state index contributed by atoms with van der Waals surface area (Å²) in [6.45, 7) is 7.88. The highest BCUT2D eigenvalue weighted by atomic mass is 16.3. The quantitative estimate of drug-likeness (QED) is 0.620. The van der Waals surface area contributed by atoms with Crippen molar-refractivity contribution in [3.8, 4) is 0 Å². The lowest BCUT2D eigenvalue weighted by Gasteiger charge is -2.64. The van der Waals surface area contributed by atoms with Crippen LogP contribution in [0, 0.1) is 34.0 Å². The summed E-state index contributed by atoms with van der Waals surface area (Å²) in [4.78, 5) is 26.3. The van der Waals surface area contributed by atoms with Gasteiger partial charge in [-0.3, -0.25) is 9.59 Å². The normalized spacial score (nSPS) is 51.2. The summed E-state index contributed by atoms with van der Waals surface area (Å²) in [5.41, 5.74) is -2.12. The third kappa shape index (κ3) is 1.75. The van der Waals surface area contributed by atoms with E-state index in [1.165, 1.54) is 0 Å². The van der Waals surface area contributed by atoms with Gasteiger partial charge in [-0.05, 0) is 36.2 Å². The van der Waals surface area contributed by atoms with Crippen LogP contribution in [0.2, 0.25) is 0 Å². The maximum absolute atomic E-state index is 13.2. The zero-order valence-corrected chi connectivity index (χ0v) is 15.0. The standard InChI is InChI=1S/C20H28O5/c1-10-11-7-12(22)15-19(9-21)6-4-5-18(2,3)13(19)8-14(23)20(15,16(10)24)17(11)25/h11,13-15,17,21,23,25H,1,4-9H2,2-3H3/t11-,13+,14+,15-,17-,19-,20+/m0/s1. The highest BCUT2D eigenvalue weighted by Crippen LogP contribution is 2.70. The van der Waals surface area contributed by atoms with E-state index in [2.05, 4.69) is 20.4 Å². The molecule has 0 amide bonds. The number of carbonyl (C=O) groups is 2. The molecular weight excluding hydrogens is 320 g/mol. The van der Waals surface area contributed by atoms with Crippen LogP contribution in [0.4, 0.5) is 0 Å². The van der Waals surface area contributed by atoms with Crippen molar-refractivity contribution < 1.29 is 24.9 Å². The fraction of sp³-hybridized carbons (Fsp3) is 0.800. The number of rotatable bonds is 1. The van der Waals surface area contributed by atoms with Crippen molar-refractivity contribution in [2.24, 2.45) is 34.0 Å². The molecule has 0 aromatic carbocycles. The lowest BCUT2D eigenvalue weighted by molar-refractivity contribution is -0.232. The van der Waals surface area contributed by atoms with Gasteiger partial charge in [-0.25, -0.2) is 0 Å². The molecule has 4 fully saturated rings. The Labute approximate surface area is 148 Å². The van der Waals surface area contributed by atoms with Crippen LogP contribution in [0.15, 0.2) is 12.2 Å². The van der Waals surface area contributed by atoms with Gasteiger partial charge in [0.15, 0.2) is 5.78 Å². The number of carbonyl (C=O) groups excluding carboxylic acids is 2. The van der Waals surface area contributed by atoms with Crippen molar-refractivity contribution in [1.82, 2.24) is 0 Å². The molecule has 0 aromatic rings. The van der Waals surface area contributed by atoms with Crippen molar-refractivity contribution in [2.75, 3.05) is 6.61 Å². The smallest absolute Gasteiger partial charge is 0.170 e. The summed E-state index contributed by atoms with van der Waals surface area (Å²) < 4.78 is 0. The van der Waals surface area contributed by atoms with Crippen LogP contribution in [0.25, 0.3) is 0 Å². The van der Waals surface area contributed by atoms with Crippen LogP contribution >= 0.6 is 0 Å². The van der Waals surface area contributed by atoms with E-state index in [9.17, 15) is 24.9 Å². The molecule has 4 aliphatic carbocycles. The summed E-state index contributed by atoms with van der Waals surface area (Å²) in [5, 5.41) is 32.5. The van der Waals surface area contributed by atoms with E-state index in [-0.39, 0.29) is 41.5 Å². The topological polar surface area (TPSA) is 94.8 Å². The maximum Gasteiger partial charge on any atom is 0.170 e. The molecule has 0 radical (unpaired) electrons. The number of ketones is 2. The van der Waals surface area contributed by atoms with Crippen LogP contribution in [0.5, 0.6) is 0 Å². The Balaban J connectivity index is 1.96. The minimum Gasteiger partial charge on any atom is -0.396 e. The molecule has 0 unspecified atom stereocenters. The molecule has 5 nitrogen and oxygen atoms in total. The molecule has 5 heteroatoms. The van der Waals surface area contributed by atoms with Crippen LogP contribution < -0.4 is 0 Å². The van der Waals surface area contributed by atoms with Gasteiger partial charge in [-0.15, -0.1) is 0 Å². The summed E-state index contributed by atoms with van der Waals surface area (Å²) in [5.74, 6) is -1.93. The van der Waals surface area contributed by atoms with Gasteiger partial charge in [0.2, 0.25) is 0 Å². The first-order valence-electron chi connectivity index (χ1n) is 9.38. The summed E-state index contributed by atoms with van der Waals surface area (Å²) >= 11 is 0. The average Bonchev–Trinajstić information content (AvgIpc) is 2.67. The molecule has 2 bridgehead atoms. The molecule has 0 saturated heterocycles. The Kier molecular flexibility index (Phi) is 3.49. The Morgan fingerprint density at radius 1 is 1.20 bits per heavy atom. The Bertz CT molecular complexity index is 667.